The third-order valence-corrected chi connectivity index (χ3v) is 5.39. The number of anilines is 2. The topological polar surface area (TPSA) is 86.3 Å². The summed E-state index contributed by atoms with van der Waals surface area (Å²) in [6.07, 6.45) is 3.38. The summed E-state index contributed by atoms with van der Waals surface area (Å²) in [7, 11) is 0. The lowest BCUT2D eigenvalue weighted by Crippen LogP contribution is -2.32. The number of hydrogen-bond acceptors (Lipinski definition) is 5. The van der Waals surface area contributed by atoms with E-state index in [0.717, 1.165) is 23.1 Å². The average Bonchev–Trinajstić information content (AvgIpc) is 3.05. The van der Waals surface area contributed by atoms with Gasteiger partial charge in [0.15, 0.2) is 0 Å². The van der Waals surface area contributed by atoms with Crippen molar-refractivity contribution >= 4 is 28.3 Å². The van der Waals surface area contributed by atoms with Crippen LogP contribution in [0.3, 0.4) is 0 Å². The molecule has 5 rings (SSSR count). The van der Waals surface area contributed by atoms with E-state index in [2.05, 4.69) is 58.0 Å². The largest absolute Gasteiger partial charge is 0.475 e. The van der Waals surface area contributed by atoms with Crippen molar-refractivity contribution in [1.29, 1.82) is 0 Å². The summed E-state index contributed by atoms with van der Waals surface area (Å²) in [5.74, 6) is 0.113. The Balaban J connectivity index is 1.47. The highest BCUT2D eigenvalue weighted by Crippen LogP contribution is 2.30. The average molecular weight is 399 g/mol. The number of fused-ring (bicyclic) bond motifs is 2. The molecule has 0 saturated carbocycles. The van der Waals surface area contributed by atoms with E-state index in [9.17, 15) is 4.79 Å². The lowest BCUT2D eigenvalue weighted by Gasteiger charge is -2.20. The summed E-state index contributed by atoms with van der Waals surface area (Å²) in [5.41, 5.74) is 10.5. The second kappa shape index (κ2) is 7.18. The van der Waals surface area contributed by atoms with Crippen LogP contribution in [0, 0.1) is 6.92 Å². The molecule has 30 heavy (non-hydrogen) atoms. The molecule has 7 nitrogen and oxygen atoms in total. The molecule has 0 radical (unpaired) electrons. The van der Waals surface area contributed by atoms with Crippen LogP contribution in [-0.2, 0) is 6.54 Å². The maximum atomic E-state index is 13.1. The summed E-state index contributed by atoms with van der Waals surface area (Å²) in [4.78, 5) is 22.8. The van der Waals surface area contributed by atoms with Crippen molar-refractivity contribution in [3.63, 3.8) is 0 Å². The predicted molar refractivity (Wildman–Crippen MR) is 116 cm³/mol. The number of hydrogen-bond donors (Lipinski definition) is 1. The van der Waals surface area contributed by atoms with Crippen molar-refractivity contribution in [2.24, 2.45) is 0 Å². The number of nitrogen functional groups attached to an aromatic ring is 1. The smallest absolute Gasteiger partial charge is 0.267 e. The molecular formula is C23H21N5O2. The Hall–Kier alpha value is -3.87. The summed E-state index contributed by atoms with van der Waals surface area (Å²) < 4.78 is 7.83. The van der Waals surface area contributed by atoms with Crippen LogP contribution in [0.1, 0.15) is 21.5 Å². The molecule has 1 aliphatic heterocycles. The maximum Gasteiger partial charge on any atom is 0.267 e. The van der Waals surface area contributed by atoms with Gasteiger partial charge in [0.05, 0.1) is 6.54 Å². The molecule has 0 saturated heterocycles. The number of carbonyl (C=O) groups is 1. The van der Waals surface area contributed by atoms with Crippen LogP contribution >= 0.6 is 0 Å². The number of rotatable bonds is 3. The van der Waals surface area contributed by atoms with E-state index in [1.807, 2.05) is 18.2 Å². The predicted octanol–water partition coefficient (Wildman–Crippen LogP) is 3.41. The van der Waals surface area contributed by atoms with Crippen LogP contribution in [0.2, 0.25) is 0 Å². The maximum absolute atomic E-state index is 13.1. The Morgan fingerprint density at radius 1 is 1.10 bits per heavy atom. The van der Waals surface area contributed by atoms with Gasteiger partial charge in [0.2, 0.25) is 5.88 Å². The Morgan fingerprint density at radius 3 is 2.77 bits per heavy atom. The molecule has 7 heteroatoms. The van der Waals surface area contributed by atoms with Gasteiger partial charge in [-0.2, -0.15) is 0 Å². The van der Waals surface area contributed by atoms with Crippen molar-refractivity contribution < 1.29 is 9.53 Å². The van der Waals surface area contributed by atoms with Crippen molar-refractivity contribution in [2.75, 3.05) is 23.8 Å². The van der Waals surface area contributed by atoms with Gasteiger partial charge in [0, 0.05) is 29.3 Å². The molecule has 0 bridgehead atoms. The zero-order chi connectivity index (χ0) is 20.7. The first-order valence-corrected chi connectivity index (χ1v) is 9.80. The number of nitrogens with two attached hydrogens (primary N) is 1. The Morgan fingerprint density at radius 2 is 1.93 bits per heavy atom. The van der Waals surface area contributed by atoms with Crippen molar-refractivity contribution in [3.8, 4) is 5.88 Å². The van der Waals surface area contributed by atoms with Crippen LogP contribution in [0.15, 0.2) is 61.1 Å². The van der Waals surface area contributed by atoms with Gasteiger partial charge in [-0.25, -0.2) is 9.97 Å². The van der Waals surface area contributed by atoms with Crippen LogP contribution in [0.25, 0.3) is 10.9 Å². The minimum Gasteiger partial charge on any atom is -0.475 e. The van der Waals surface area contributed by atoms with Gasteiger partial charge in [0.25, 0.3) is 5.91 Å². The van der Waals surface area contributed by atoms with Crippen LogP contribution in [-0.4, -0.2) is 33.6 Å². The van der Waals surface area contributed by atoms with E-state index in [1.165, 1.54) is 17.5 Å². The molecule has 0 aliphatic carbocycles. The number of aryl methyl sites for hydroxylation is 1. The molecular weight excluding hydrogens is 378 g/mol. The molecule has 1 aliphatic rings. The Bertz CT molecular complexity index is 1250. The molecule has 0 fully saturated rings. The highest BCUT2D eigenvalue weighted by Gasteiger charge is 2.28. The number of aromatic nitrogens is 3. The highest BCUT2D eigenvalue weighted by atomic mass is 16.5. The van der Waals surface area contributed by atoms with Gasteiger partial charge in [-0.3, -0.25) is 4.79 Å². The first kappa shape index (κ1) is 18.2. The third-order valence-electron chi connectivity index (χ3n) is 5.39. The lowest BCUT2D eigenvalue weighted by atomic mass is 10.1. The molecule has 150 valence electrons. The molecule has 0 spiro atoms. The number of ether oxygens (including phenoxy) is 1. The Labute approximate surface area is 173 Å². The second-order valence-electron chi connectivity index (χ2n) is 7.42. The minimum atomic E-state index is -0.251. The molecule has 2 N–H and O–H groups in total. The fourth-order valence-electron chi connectivity index (χ4n) is 3.79. The Kier molecular flexibility index (Phi) is 4.35. The van der Waals surface area contributed by atoms with Gasteiger partial charge in [-0.05, 0) is 36.8 Å². The third kappa shape index (κ3) is 3.14. The standard InChI is InChI=1S/C23H21N5O2/c1-15-2-4-16(5-3-15)13-27-9-8-17-12-18(6-7-19(17)27)28-10-11-30-22-20(23(28)29)21(24)25-14-26-22/h2-9,12,14H,10-11,13H2,1H3,(H2,24,25,26). The summed E-state index contributed by atoms with van der Waals surface area (Å²) in [6.45, 7) is 3.62. The zero-order valence-corrected chi connectivity index (χ0v) is 16.6. The number of carbonyl (C=O) groups excluding carboxylic acids is 1. The van der Waals surface area contributed by atoms with Gasteiger partial charge in [0.1, 0.15) is 24.3 Å². The summed E-state index contributed by atoms with van der Waals surface area (Å²) in [6, 6.07) is 16.6. The first-order valence-electron chi connectivity index (χ1n) is 9.80. The van der Waals surface area contributed by atoms with E-state index in [0.29, 0.717) is 13.2 Å². The molecule has 4 aromatic rings. The highest BCUT2D eigenvalue weighted by molar-refractivity contribution is 6.11. The van der Waals surface area contributed by atoms with Crippen molar-refractivity contribution in [1.82, 2.24) is 14.5 Å². The van der Waals surface area contributed by atoms with Crippen LogP contribution in [0.4, 0.5) is 11.5 Å². The van der Waals surface area contributed by atoms with Gasteiger partial charge < -0.3 is 19.9 Å². The van der Waals surface area contributed by atoms with Crippen LogP contribution < -0.4 is 15.4 Å². The molecule has 1 amide bonds. The number of amides is 1. The monoisotopic (exact) mass is 399 g/mol. The molecule has 0 atom stereocenters. The molecule has 3 heterocycles. The summed E-state index contributed by atoms with van der Waals surface area (Å²) in [5, 5.41) is 1.06. The molecule has 0 unspecified atom stereocenters. The van der Waals surface area contributed by atoms with E-state index in [4.69, 9.17) is 10.5 Å². The normalized spacial score (nSPS) is 13.8. The van der Waals surface area contributed by atoms with Gasteiger partial charge in [-0.15, -0.1) is 0 Å². The molecule has 2 aromatic heterocycles. The molecule has 2 aromatic carbocycles. The SMILES string of the molecule is Cc1ccc(Cn2ccc3cc(N4CCOc5ncnc(N)c5C4=O)ccc32)cc1. The van der Waals surface area contributed by atoms with Crippen molar-refractivity contribution in [2.45, 2.75) is 13.5 Å². The first-order chi connectivity index (χ1) is 14.6. The van der Waals surface area contributed by atoms with Gasteiger partial charge >= 0.3 is 0 Å². The minimum absolute atomic E-state index is 0.127. The zero-order valence-electron chi connectivity index (χ0n) is 16.6. The fourth-order valence-corrected chi connectivity index (χ4v) is 3.79. The van der Waals surface area contributed by atoms with E-state index in [-0.39, 0.29) is 23.2 Å². The van der Waals surface area contributed by atoms with E-state index >= 15 is 0 Å². The van der Waals surface area contributed by atoms with Crippen molar-refractivity contribution in [3.05, 3.63) is 77.7 Å². The van der Waals surface area contributed by atoms with Crippen LogP contribution in [0.5, 0.6) is 5.88 Å². The lowest BCUT2D eigenvalue weighted by molar-refractivity contribution is 0.0990. The fraction of sp³-hybridized carbons (Fsp3) is 0.174. The second-order valence-corrected chi connectivity index (χ2v) is 7.42. The number of benzene rings is 2. The van der Waals surface area contributed by atoms with E-state index < -0.39 is 0 Å². The number of nitrogens with zero attached hydrogens (tertiary/aromatic N) is 4. The van der Waals surface area contributed by atoms with Gasteiger partial charge in [-0.1, -0.05) is 29.8 Å². The summed E-state index contributed by atoms with van der Waals surface area (Å²) >= 11 is 0. The van der Waals surface area contributed by atoms with E-state index in [1.54, 1.807) is 4.90 Å². The quantitative estimate of drug-likeness (QED) is 0.571.